The van der Waals surface area contributed by atoms with Gasteiger partial charge in [-0.1, -0.05) is 23.2 Å². The molecule has 2 heterocycles. The van der Waals surface area contributed by atoms with Gasteiger partial charge in [0.05, 0.1) is 10.6 Å². The van der Waals surface area contributed by atoms with Crippen LogP contribution in [0.2, 0.25) is 10.2 Å². The first-order chi connectivity index (χ1) is 8.06. The molecule has 0 fully saturated rings. The highest BCUT2D eigenvalue weighted by molar-refractivity contribution is 7.09. The predicted molar refractivity (Wildman–Crippen MR) is 66.9 cm³/mol. The van der Waals surface area contributed by atoms with Crippen LogP contribution in [-0.2, 0) is 0 Å². The summed E-state index contributed by atoms with van der Waals surface area (Å²) in [7, 11) is 0. The molecule has 1 amide bonds. The van der Waals surface area contributed by atoms with Crippen molar-refractivity contribution in [3.8, 4) is 0 Å². The standard InChI is InChI=1S/C9H6Cl2N4OS/c1-4-13-9(17-15-4)14-8(16)5-2-7(11)12-3-6(5)10/h2-3H,1H3,(H,13,14,15,16). The molecule has 0 bridgehead atoms. The van der Waals surface area contributed by atoms with Gasteiger partial charge in [0, 0.05) is 17.7 Å². The number of carbonyl (C=O) groups is 1. The molecule has 1 N–H and O–H groups in total. The zero-order chi connectivity index (χ0) is 12.4. The molecule has 5 nitrogen and oxygen atoms in total. The monoisotopic (exact) mass is 288 g/mol. The van der Waals surface area contributed by atoms with Crippen LogP contribution in [0.15, 0.2) is 12.3 Å². The molecule has 0 aliphatic rings. The fourth-order valence-electron chi connectivity index (χ4n) is 1.10. The van der Waals surface area contributed by atoms with Gasteiger partial charge in [-0.25, -0.2) is 9.97 Å². The van der Waals surface area contributed by atoms with Crippen molar-refractivity contribution < 1.29 is 4.79 Å². The number of aromatic nitrogens is 3. The number of halogens is 2. The van der Waals surface area contributed by atoms with Crippen molar-refractivity contribution in [2.24, 2.45) is 0 Å². The number of hydrogen-bond acceptors (Lipinski definition) is 5. The van der Waals surface area contributed by atoms with E-state index in [2.05, 4.69) is 19.7 Å². The number of carbonyl (C=O) groups excluding carboxylic acids is 1. The summed E-state index contributed by atoms with van der Waals surface area (Å²) in [6.07, 6.45) is 1.32. The van der Waals surface area contributed by atoms with E-state index in [9.17, 15) is 4.79 Å². The minimum Gasteiger partial charge on any atom is -0.297 e. The lowest BCUT2D eigenvalue weighted by Crippen LogP contribution is -2.12. The van der Waals surface area contributed by atoms with Gasteiger partial charge in [0.1, 0.15) is 11.0 Å². The van der Waals surface area contributed by atoms with Crippen molar-refractivity contribution in [3.05, 3.63) is 33.8 Å². The van der Waals surface area contributed by atoms with E-state index in [1.54, 1.807) is 6.92 Å². The Morgan fingerprint density at radius 2 is 2.24 bits per heavy atom. The normalized spacial score (nSPS) is 10.3. The second-order valence-corrected chi connectivity index (χ2v) is 4.63. The number of anilines is 1. The topological polar surface area (TPSA) is 67.8 Å². The van der Waals surface area contributed by atoms with Gasteiger partial charge in [-0.2, -0.15) is 4.37 Å². The molecule has 0 spiro atoms. The lowest BCUT2D eigenvalue weighted by atomic mass is 10.2. The second-order valence-electron chi connectivity index (χ2n) is 3.09. The third-order valence-electron chi connectivity index (χ3n) is 1.81. The fraction of sp³-hybridized carbons (Fsp3) is 0.111. The third-order valence-corrected chi connectivity index (χ3v) is 3.04. The molecular formula is C9H6Cl2N4OS. The largest absolute Gasteiger partial charge is 0.297 e. The summed E-state index contributed by atoms with van der Waals surface area (Å²) in [6.45, 7) is 1.74. The summed E-state index contributed by atoms with van der Waals surface area (Å²) < 4.78 is 3.95. The maximum atomic E-state index is 11.9. The van der Waals surface area contributed by atoms with E-state index >= 15 is 0 Å². The summed E-state index contributed by atoms with van der Waals surface area (Å²) in [5.74, 6) is 0.208. The van der Waals surface area contributed by atoms with Crippen LogP contribution in [0.4, 0.5) is 5.13 Å². The predicted octanol–water partition coefficient (Wildman–Crippen LogP) is 2.80. The first-order valence-corrected chi connectivity index (χ1v) is 6.02. The van der Waals surface area contributed by atoms with E-state index in [0.717, 1.165) is 11.5 Å². The van der Waals surface area contributed by atoms with Gasteiger partial charge in [-0.3, -0.25) is 10.1 Å². The molecule has 2 aromatic heterocycles. The molecule has 0 aromatic carbocycles. The van der Waals surface area contributed by atoms with E-state index in [1.807, 2.05) is 0 Å². The Morgan fingerprint density at radius 3 is 2.88 bits per heavy atom. The number of amides is 1. The fourth-order valence-corrected chi connectivity index (χ4v) is 2.02. The van der Waals surface area contributed by atoms with Gasteiger partial charge < -0.3 is 0 Å². The quantitative estimate of drug-likeness (QED) is 0.863. The SMILES string of the molecule is Cc1nsc(NC(=O)c2cc(Cl)ncc2Cl)n1. The van der Waals surface area contributed by atoms with Crippen LogP contribution in [0.1, 0.15) is 16.2 Å². The van der Waals surface area contributed by atoms with Crippen LogP contribution in [0.3, 0.4) is 0 Å². The maximum Gasteiger partial charge on any atom is 0.259 e. The Hall–Kier alpha value is -1.24. The summed E-state index contributed by atoms with van der Waals surface area (Å²) in [5, 5.41) is 3.43. The Morgan fingerprint density at radius 1 is 1.47 bits per heavy atom. The van der Waals surface area contributed by atoms with Gasteiger partial charge >= 0.3 is 0 Å². The minimum atomic E-state index is -0.393. The van der Waals surface area contributed by atoms with Crippen LogP contribution in [0, 0.1) is 6.92 Å². The molecule has 0 aliphatic carbocycles. The van der Waals surface area contributed by atoms with E-state index < -0.39 is 5.91 Å². The first-order valence-electron chi connectivity index (χ1n) is 4.49. The molecule has 8 heteroatoms. The number of hydrogen-bond donors (Lipinski definition) is 1. The molecule has 2 rings (SSSR count). The van der Waals surface area contributed by atoms with Crippen molar-refractivity contribution in [1.82, 2.24) is 14.3 Å². The van der Waals surface area contributed by atoms with E-state index in [0.29, 0.717) is 11.0 Å². The highest BCUT2D eigenvalue weighted by atomic mass is 35.5. The molecule has 0 saturated heterocycles. The average Bonchev–Trinajstić information content (AvgIpc) is 2.67. The highest BCUT2D eigenvalue weighted by Crippen LogP contribution is 2.20. The minimum absolute atomic E-state index is 0.202. The summed E-state index contributed by atoms with van der Waals surface area (Å²) in [5.41, 5.74) is 0.250. The highest BCUT2D eigenvalue weighted by Gasteiger charge is 2.13. The van der Waals surface area contributed by atoms with E-state index in [4.69, 9.17) is 23.2 Å². The van der Waals surface area contributed by atoms with Gasteiger partial charge in [0.15, 0.2) is 0 Å². The molecule has 0 saturated carbocycles. The Kier molecular flexibility index (Phi) is 3.56. The molecule has 0 unspecified atom stereocenters. The smallest absolute Gasteiger partial charge is 0.259 e. The van der Waals surface area contributed by atoms with Crippen molar-refractivity contribution >= 4 is 45.8 Å². The van der Waals surface area contributed by atoms with Crippen molar-refractivity contribution in [3.63, 3.8) is 0 Å². The van der Waals surface area contributed by atoms with Crippen molar-refractivity contribution in [1.29, 1.82) is 0 Å². The van der Waals surface area contributed by atoms with Crippen LogP contribution < -0.4 is 5.32 Å². The van der Waals surface area contributed by atoms with Crippen LogP contribution in [0.25, 0.3) is 0 Å². The molecule has 17 heavy (non-hydrogen) atoms. The molecule has 0 radical (unpaired) electrons. The first kappa shape index (κ1) is 12.2. The number of nitrogens with one attached hydrogen (secondary N) is 1. The molecule has 0 atom stereocenters. The van der Waals surface area contributed by atoms with E-state index in [1.165, 1.54) is 12.3 Å². The number of nitrogens with zero attached hydrogens (tertiary/aromatic N) is 3. The number of pyridine rings is 1. The number of rotatable bonds is 2. The zero-order valence-electron chi connectivity index (χ0n) is 8.57. The summed E-state index contributed by atoms with van der Waals surface area (Å²) in [6, 6.07) is 1.40. The zero-order valence-corrected chi connectivity index (χ0v) is 10.9. The van der Waals surface area contributed by atoms with Crippen LogP contribution in [-0.4, -0.2) is 20.2 Å². The Balaban J connectivity index is 2.22. The lowest BCUT2D eigenvalue weighted by molar-refractivity contribution is 0.102. The molecule has 88 valence electrons. The Bertz CT molecular complexity index is 572. The third kappa shape index (κ3) is 2.91. The van der Waals surface area contributed by atoms with Gasteiger partial charge in [0.2, 0.25) is 5.13 Å². The van der Waals surface area contributed by atoms with Gasteiger partial charge in [-0.05, 0) is 13.0 Å². The molecule has 0 aliphatic heterocycles. The summed E-state index contributed by atoms with van der Waals surface area (Å²) >= 11 is 12.6. The van der Waals surface area contributed by atoms with Crippen LogP contribution >= 0.6 is 34.7 Å². The summed E-state index contributed by atoms with van der Waals surface area (Å²) in [4.78, 5) is 19.6. The average molecular weight is 289 g/mol. The Labute approximate surface area is 111 Å². The van der Waals surface area contributed by atoms with E-state index in [-0.39, 0.29) is 15.7 Å². The van der Waals surface area contributed by atoms with Gasteiger partial charge in [-0.15, -0.1) is 0 Å². The second kappa shape index (κ2) is 4.95. The number of aryl methyl sites for hydroxylation is 1. The lowest BCUT2D eigenvalue weighted by Gasteiger charge is -2.03. The van der Waals surface area contributed by atoms with Crippen molar-refractivity contribution in [2.75, 3.05) is 5.32 Å². The maximum absolute atomic E-state index is 11.9. The molecular weight excluding hydrogens is 283 g/mol. The van der Waals surface area contributed by atoms with Crippen LogP contribution in [0.5, 0.6) is 0 Å². The van der Waals surface area contributed by atoms with Crippen molar-refractivity contribution in [2.45, 2.75) is 6.92 Å². The molecule has 2 aromatic rings. The van der Waals surface area contributed by atoms with Gasteiger partial charge in [0.25, 0.3) is 5.91 Å².